The number of amides is 1. The summed E-state index contributed by atoms with van der Waals surface area (Å²) in [6.07, 6.45) is 4.93. The molecule has 0 radical (unpaired) electrons. The second-order valence-corrected chi connectivity index (χ2v) is 11.4. The fourth-order valence-corrected chi connectivity index (χ4v) is 5.30. The Hall–Kier alpha value is -3.30. The van der Waals surface area contributed by atoms with E-state index < -0.39 is 24.4 Å². The summed E-state index contributed by atoms with van der Waals surface area (Å²) in [5, 5.41) is 16.4. The van der Waals surface area contributed by atoms with Gasteiger partial charge in [0, 0.05) is 36.2 Å². The lowest BCUT2D eigenvalue weighted by molar-refractivity contribution is 0.00578. The van der Waals surface area contributed by atoms with Gasteiger partial charge in [0.15, 0.2) is 0 Å². The summed E-state index contributed by atoms with van der Waals surface area (Å²) in [4.78, 5) is 11.3. The fourth-order valence-electron chi connectivity index (χ4n) is 5.30. The number of ether oxygens (including phenoxy) is 1. The first-order chi connectivity index (χ1) is 18.1. The van der Waals surface area contributed by atoms with Gasteiger partial charge in [0.25, 0.3) is 0 Å². The molecule has 0 spiro atoms. The van der Waals surface area contributed by atoms with Gasteiger partial charge in [0.05, 0.1) is 17.7 Å². The van der Waals surface area contributed by atoms with E-state index in [9.17, 15) is 9.90 Å². The Morgan fingerprint density at radius 1 is 1.08 bits per heavy atom. The first-order valence-corrected chi connectivity index (χ1v) is 13.2. The molecule has 0 unspecified atom stereocenters. The number of carboxylic acid groups (broad SMARTS) is 1. The van der Waals surface area contributed by atoms with Crippen molar-refractivity contribution in [1.82, 2.24) is 15.1 Å². The quantitative estimate of drug-likeness (QED) is 0.434. The molecule has 38 heavy (non-hydrogen) atoms. The second-order valence-electron chi connectivity index (χ2n) is 11.4. The zero-order valence-electron chi connectivity index (χ0n) is 22.5. The molecule has 1 saturated heterocycles. The van der Waals surface area contributed by atoms with Crippen molar-refractivity contribution in [3.8, 4) is 5.75 Å². The summed E-state index contributed by atoms with van der Waals surface area (Å²) in [5.41, 5.74) is 2.38. The van der Waals surface area contributed by atoms with Crippen molar-refractivity contribution in [3.63, 3.8) is 0 Å². The molecule has 1 aromatic heterocycles. The molecule has 2 heterocycles. The standard InChI is InChI=1S/C29H36BN3O5/c1-28(2)29(3,4)38-30(37-28)23-17-31-33(19-23)18-21-11-8-12-25(14-21)36-26-16-24(32-27(34)35)15-22(26)13-20-9-6-5-7-10-20/h5-12,14,17,19,22,24,26,32H,13,15-16,18H2,1-4H3,(H,34,35)/t22-,24-,26+/m0/s1. The minimum atomic E-state index is -0.991. The van der Waals surface area contributed by atoms with E-state index >= 15 is 0 Å². The van der Waals surface area contributed by atoms with Crippen LogP contribution in [-0.2, 0) is 22.3 Å². The highest BCUT2D eigenvalue weighted by Crippen LogP contribution is 2.36. The molecule has 9 heteroatoms. The van der Waals surface area contributed by atoms with Crippen LogP contribution in [-0.4, -0.2) is 51.4 Å². The van der Waals surface area contributed by atoms with Crippen molar-refractivity contribution in [1.29, 1.82) is 0 Å². The Kier molecular flexibility index (Phi) is 7.24. The molecule has 2 aliphatic rings. The van der Waals surface area contributed by atoms with Crippen LogP contribution in [0.25, 0.3) is 0 Å². The van der Waals surface area contributed by atoms with Gasteiger partial charge in [-0.2, -0.15) is 5.10 Å². The largest absolute Gasteiger partial charge is 0.498 e. The Labute approximate surface area is 224 Å². The van der Waals surface area contributed by atoms with Crippen LogP contribution in [0, 0.1) is 5.92 Å². The molecule has 2 aromatic carbocycles. The van der Waals surface area contributed by atoms with Crippen LogP contribution in [0.2, 0.25) is 0 Å². The van der Waals surface area contributed by atoms with Crippen LogP contribution >= 0.6 is 0 Å². The van der Waals surface area contributed by atoms with Crippen molar-refractivity contribution in [3.05, 3.63) is 78.1 Å². The number of benzene rings is 2. The van der Waals surface area contributed by atoms with Crippen LogP contribution in [0.15, 0.2) is 67.0 Å². The predicted molar refractivity (Wildman–Crippen MR) is 146 cm³/mol. The highest BCUT2D eigenvalue weighted by atomic mass is 16.7. The smallest absolute Gasteiger partial charge is 0.490 e. The highest BCUT2D eigenvalue weighted by molar-refractivity contribution is 6.62. The van der Waals surface area contributed by atoms with Gasteiger partial charge in [-0.25, -0.2) is 4.79 Å². The highest BCUT2D eigenvalue weighted by Gasteiger charge is 2.52. The second kappa shape index (κ2) is 10.5. The first-order valence-electron chi connectivity index (χ1n) is 13.2. The van der Waals surface area contributed by atoms with Gasteiger partial charge in [-0.15, -0.1) is 0 Å². The van der Waals surface area contributed by atoms with E-state index in [1.165, 1.54) is 5.56 Å². The van der Waals surface area contributed by atoms with Crippen molar-refractivity contribution in [2.45, 2.75) is 76.9 Å². The number of hydrogen-bond donors (Lipinski definition) is 2. The van der Waals surface area contributed by atoms with Gasteiger partial charge in [-0.05, 0) is 63.8 Å². The maximum Gasteiger partial charge on any atom is 0.498 e. The first kappa shape index (κ1) is 26.3. The summed E-state index contributed by atoms with van der Waals surface area (Å²) in [6.45, 7) is 8.74. The Morgan fingerprint density at radius 2 is 1.79 bits per heavy atom. The zero-order chi connectivity index (χ0) is 26.9. The molecule has 1 saturated carbocycles. The number of aromatic nitrogens is 2. The molecule has 2 N–H and O–H groups in total. The van der Waals surface area contributed by atoms with Crippen LogP contribution in [0.4, 0.5) is 4.79 Å². The normalized spacial score (nSPS) is 23.9. The van der Waals surface area contributed by atoms with Crippen molar-refractivity contribution < 1.29 is 23.9 Å². The third-order valence-corrected chi connectivity index (χ3v) is 8.01. The van der Waals surface area contributed by atoms with E-state index in [0.29, 0.717) is 13.0 Å². The summed E-state index contributed by atoms with van der Waals surface area (Å²) in [7, 11) is -0.445. The van der Waals surface area contributed by atoms with Gasteiger partial charge in [-0.1, -0.05) is 42.5 Å². The number of nitrogens with one attached hydrogen (secondary N) is 1. The van der Waals surface area contributed by atoms with E-state index in [-0.39, 0.29) is 18.1 Å². The van der Waals surface area contributed by atoms with Gasteiger partial charge < -0.3 is 24.5 Å². The SMILES string of the molecule is CC1(C)OB(c2cnn(Cc3cccc(O[C@@H]4C[C@@H](NC(=O)O)C[C@@H]4Cc4ccccc4)c3)c2)OC1(C)C. The van der Waals surface area contributed by atoms with Crippen LogP contribution in [0.5, 0.6) is 5.75 Å². The molecule has 1 aliphatic heterocycles. The van der Waals surface area contributed by atoms with Crippen LogP contribution in [0.1, 0.15) is 51.7 Å². The predicted octanol–water partition coefficient (Wildman–Crippen LogP) is 4.27. The van der Waals surface area contributed by atoms with Crippen molar-refractivity contribution in [2.75, 3.05) is 0 Å². The van der Waals surface area contributed by atoms with E-state index in [0.717, 1.165) is 29.6 Å². The van der Waals surface area contributed by atoms with Gasteiger partial charge in [0.2, 0.25) is 0 Å². The molecule has 5 rings (SSSR count). The maximum absolute atomic E-state index is 11.3. The Bertz CT molecular complexity index is 1250. The Morgan fingerprint density at radius 3 is 2.50 bits per heavy atom. The van der Waals surface area contributed by atoms with E-state index in [1.807, 2.05) is 81.0 Å². The number of nitrogens with zero attached hydrogens (tertiary/aromatic N) is 2. The third kappa shape index (κ3) is 5.89. The topological polar surface area (TPSA) is 94.8 Å². The van der Waals surface area contributed by atoms with E-state index in [1.54, 1.807) is 6.20 Å². The van der Waals surface area contributed by atoms with E-state index in [4.69, 9.17) is 14.0 Å². The van der Waals surface area contributed by atoms with E-state index in [2.05, 4.69) is 22.5 Å². The minimum absolute atomic E-state index is 0.0815. The third-order valence-electron chi connectivity index (χ3n) is 8.01. The van der Waals surface area contributed by atoms with Gasteiger partial charge in [0.1, 0.15) is 11.9 Å². The minimum Gasteiger partial charge on any atom is -0.490 e. The van der Waals surface area contributed by atoms with Crippen LogP contribution < -0.4 is 15.5 Å². The fraction of sp³-hybridized carbons (Fsp3) is 0.448. The molecule has 1 amide bonds. The average Bonchev–Trinajstić information content (AvgIpc) is 3.51. The molecule has 8 nitrogen and oxygen atoms in total. The summed E-state index contributed by atoms with van der Waals surface area (Å²) in [5.74, 6) is 0.992. The lowest BCUT2D eigenvalue weighted by Gasteiger charge is -2.32. The number of rotatable bonds is 8. The number of hydrogen-bond acceptors (Lipinski definition) is 5. The molecule has 2 fully saturated rings. The Balaban J connectivity index is 1.25. The molecule has 0 bridgehead atoms. The van der Waals surface area contributed by atoms with Crippen molar-refractivity contribution >= 4 is 18.7 Å². The molecule has 3 aromatic rings. The van der Waals surface area contributed by atoms with Gasteiger partial charge in [-0.3, -0.25) is 4.68 Å². The summed E-state index contributed by atoms with van der Waals surface area (Å²) >= 11 is 0. The zero-order valence-corrected chi connectivity index (χ0v) is 22.5. The monoisotopic (exact) mass is 517 g/mol. The molecule has 3 atom stereocenters. The lowest BCUT2D eigenvalue weighted by atomic mass is 9.82. The van der Waals surface area contributed by atoms with Gasteiger partial charge >= 0.3 is 13.2 Å². The molecular weight excluding hydrogens is 481 g/mol. The summed E-state index contributed by atoms with van der Waals surface area (Å²) < 4.78 is 20.7. The molecular formula is C29H36BN3O5. The summed E-state index contributed by atoms with van der Waals surface area (Å²) in [6, 6.07) is 18.2. The lowest BCUT2D eigenvalue weighted by Crippen LogP contribution is -2.41. The molecule has 200 valence electrons. The number of carbonyl (C=O) groups is 1. The van der Waals surface area contributed by atoms with Crippen LogP contribution in [0.3, 0.4) is 0 Å². The maximum atomic E-state index is 11.3. The molecule has 1 aliphatic carbocycles. The average molecular weight is 517 g/mol. The van der Waals surface area contributed by atoms with Crippen molar-refractivity contribution in [2.24, 2.45) is 5.92 Å².